The molecule has 110 valence electrons. The van der Waals surface area contributed by atoms with Crippen LogP contribution in [-0.2, 0) is 4.79 Å². The molecule has 0 aliphatic carbocycles. The number of hydrogen-bond donors (Lipinski definition) is 1. The molecule has 1 N–H and O–H groups in total. The Labute approximate surface area is 129 Å². The fraction of sp³-hybridized carbons (Fsp3) is 0.133. The van der Waals surface area contributed by atoms with Gasteiger partial charge >= 0.3 is 5.97 Å². The first-order valence-electron chi connectivity index (χ1n) is 6.58. The third-order valence-corrected chi connectivity index (χ3v) is 4.43. The van der Waals surface area contributed by atoms with E-state index in [1.807, 2.05) is 24.5 Å². The van der Waals surface area contributed by atoms with E-state index >= 15 is 0 Å². The normalized spacial score (nSPS) is 16.0. The molecule has 0 bridgehead atoms. The van der Waals surface area contributed by atoms with Gasteiger partial charge in [0.15, 0.2) is 0 Å². The molecule has 22 heavy (non-hydrogen) atoms. The van der Waals surface area contributed by atoms with Crippen LogP contribution >= 0.6 is 11.8 Å². The van der Waals surface area contributed by atoms with Crippen LogP contribution in [-0.4, -0.2) is 31.9 Å². The zero-order chi connectivity index (χ0) is 15.3. The number of thioether (sulfide) groups is 1. The van der Waals surface area contributed by atoms with Crippen LogP contribution in [0.5, 0.6) is 5.75 Å². The van der Waals surface area contributed by atoms with Crippen molar-refractivity contribution in [1.82, 2.24) is 14.5 Å². The Morgan fingerprint density at radius 3 is 3.09 bits per heavy atom. The maximum Gasteiger partial charge on any atom is 0.367 e. The topological polar surface area (TPSA) is 77.2 Å². The lowest BCUT2D eigenvalue weighted by Gasteiger charge is -2.27. The number of aliphatic carboxylic acids is 1. The van der Waals surface area contributed by atoms with Gasteiger partial charge in [-0.05, 0) is 24.5 Å². The Hall–Kier alpha value is -2.54. The minimum absolute atomic E-state index is 0.555. The monoisotopic (exact) mass is 313 g/mol. The molecule has 0 saturated heterocycles. The van der Waals surface area contributed by atoms with Gasteiger partial charge in [-0.15, -0.1) is 11.8 Å². The van der Waals surface area contributed by atoms with E-state index < -0.39 is 12.2 Å². The zero-order valence-corrected chi connectivity index (χ0v) is 12.4. The molecule has 1 unspecified atom stereocenters. The third kappa shape index (κ3) is 1.72. The van der Waals surface area contributed by atoms with Gasteiger partial charge in [-0.2, -0.15) is 0 Å². The van der Waals surface area contributed by atoms with Crippen molar-refractivity contribution < 1.29 is 14.6 Å². The Morgan fingerprint density at radius 1 is 1.45 bits per heavy atom. The van der Waals surface area contributed by atoms with Gasteiger partial charge in [-0.3, -0.25) is 4.57 Å². The van der Waals surface area contributed by atoms with Crippen molar-refractivity contribution in [3.63, 3.8) is 0 Å². The van der Waals surface area contributed by atoms with Crippen molar-refractivity contribution in [3.05, 3.63) is 36.8 Å². The number of benzene rings is 1. The summed E-state index contributed by atoms with van der Waals surface area (Å²) < 4.78 is 7.33. The van der Waals surface area contributed by atoms with Gasteiger partial charge in [0.2, 0.25) is 0 Å². The molecule has 1 aliphatic rings. The van der Waals surface area contributed by atoms with Gasteiger partial charge in [-0.25, -0.2) is 14.8 Å². The molecular formula is C15H11N3O3S. The highest BCUT2D eigenvalue weighted by Crippen LogP contribution is 2.45. The highest BCUT2D eigenvalue weighted by Gasteiger charge is 2.34. The average molecular weight is 313 g/mol. The van der Waals surface area contributed by atoms with Crippen LogP contribution in [0.25, 0.3) is 22.3 Å². The molecule has 3 heterocycles. The fourth-order valence-electron chi connectivity index (χ4n) is 2.76. The van der Waals surface area contributed by atoms with E-state index in [0.717, 1.165) is 21.5 Å². The summed E-state index contributed by atoms with van der Waals surface area (Å²) in [6.45, 7) is 0. The molecule has 0 saturated carbocycles. The molecule has 6 nitrogen and oxygen atoms in total. The van der Waals surface area contributed by atoms with Gasteiger partial charge in [0.05, 0.1) is 11.3 Å². The van der Waals surface area contributed by atoms with Crippen molar-refractivity contribution in [2.45, 2.75) is 11.1 Å². The number of carboxylic acids is 1. The second kappa shape index (κ2) is 4.74. The van der Waals surface area contributed by atoms with Crippen LogP contribution in [0.15, 0.2) is 41.7 Å². The van der Waals surface area contributed by atoms with E-state index in [0.29, 0.717) is 11.4 Å². The summed E-state index contributed by atoms with van der Waals surface area (Å²) in [5.41, 5.74) is 2.23. The van der Waals surface area contributed by atoms with E-state index in [1.165, 1.54) is 6.33 Å². The van der Waals surface area contributed by atoms with Gasteiger partial charge in [0, 0.05) is 16.5 Å². The number of nitrogens with zero attached hydrogens (tertiary/aromatic N) is 3. The molecule has 1 aliphatic heterocycles. The molecule has 0 spiro atoms. The number of fused-ring (bicyclic) bond motifs is 5. The van der Waals surface area contributed by atoms with Crippen LogP contribution in [0, 0.1) is 0 Å². The molecule has 4 rings (SSSR count). The van der Waals surface area contributed by atoms with Crippen molar-refractivity contribution in [2.24, 2.45) is 0 Å². The summed E-state index contributed by atoms with van der Waals surface area (Å²) in [6, 6.07) is 7.55. The summed E-state index contributed by atoms with van der Waals surface area (Å²) in [5, 5.41) is 10.3. The summed E-state index contributed by atoms with van der Waals surface area (Å²) in [4.78, 5) is 20.9. The lowest BCUT2D eigenvalue weighted by atomic mass is 10.1. The van der Waals surface area contributed by atoms with Gasteiger partial charge < -0.3 is 9.84 Å². The van der Waals surface area contributed by atoms with Crippen molar-refractivity contribution in [1.29, 1.82) is 0 Å². The largest absolute Gasteiger partial charge is 0.477 e. The number of carbonyl (C=O) groups is 1. The Morgan fingerprint density at radius 2 is 2.32 bits per heavy atom. The van der Waals surface area contributed by atoms with Crippen LogP contribution in [0.4, 0.5) is 0 Å². The minimum Gasteiger partial charge on any atom is -0.477 e. The maximum atomic E-state index is 11.6. The molecule has 1 atom stereocenters. The summed E-state index contributed by atoms with van der Waals surface area (Å²) in [7, 11) is 0. The summed E-state index contributed by atoms with van der Waals surface area (Å²) in [6.07, 6.45) is 3.93. The number of aromatic nitrogens is 3. The molecule has 1 aromatic carbocycles. The quantitative estimate of drug-likeness (QED) is 0.733. The second-order valence-electron chi connectivity index (χ2n) is 4.84. The smallest absolute Gasteiger partial charge is 0.367 e. The van der Waals surface area contributed by atoms with E-state index in [1.54, 1.807) is 28.6 Å². The zero-order valence-electron chi connectivity index (χ0n) is 11.6. The lowest BCUT2D eigenvalue weighted by molar-refractivity contribution is -0.149. The number of rotatable bonds is 2. The van der Waals surface area contributed by atoms with Crippen molar-refractivity contribution in [2.75, 3.05) is 6.26 Å². The van der Waals surface area contributed by atoms with E-state index in [9.17, 15) is 9.90 Å². The molecule has 2 aromatic heterocycles. The summed E-state index contributed by atoms with van der Waals surface area (Å²) >= 11 is 1.59. The van der Waals surface area contributed by atoms with E-state index in [-0.39, 0.29) is 0 Å². The van der Waals surface area contributed by atoms with Crippen LogP contribution in [0.1, 0.15) is 6.23 Å². The first-order chi connectivity index (χ1) is 10.7. The van der Waals surface area contributed by atoms with Gasteiger partial charge in [0.1, 0.15) is 17.7 Å². The third-order valence-electron chi connectivity index (χ3n) is 3.65. The highest BCUT2D eigenvalue weighted by molar-refractivity contribution is 7.98. The molecule has 0 fully saturated rings. The first kappa shape index (κ1) is 13.1. The van der Waals surface area contributed by atoms with Crippen molar-refractivity contribution >= 4 is 28.8 Å². The molecule has 0 radical (unpaired) electrons. The molecule has 0 amide bonds. The van der Waals surface area contributed by atoms with E-state index in [2.05, 4.69) is 9.97 Å². The number of hydrogen-bond acceptors (Lipinski definition) is 5. The number of ether oxygens (including phenoxy) is 1. The fourth-order valence-corrected chi connectivity index (χ4v) is 3.39. The summed E-state index contributed by atoms with van der Waals surface area (Å²) in [5.74, 6) is -0.486. The van der Waals surface area contributed by atoms with Gasteiger partial charge in [0.25, 0.3) is 6.23 Å². The van der Waals surface area contributed by atoms with Crippen LogP contribution < -0.4 is 4.74 Å². The lowest BCUT2D eigenvalue weighted by Crippen LogP contribution is -2.28. The van der Waals surface area contributed by atoms with Crippen LogP contribution in [0.2, 0.25) is 0 Å². The standard InChI is InChI=1S/C15H11N3O3S/c1-22-11-4-2-3-10-12(11)9-5-8-6-16-7-17-13(8)18(9)14(21-10)15(19)20/h2-7,14H,1H3,(H,19,20). The molecular weight excluding hydrogens is 302 g/mol. The Kier molecular flexibility index (Phi) is 2.83. The van der Waals surface area contributed by atoms with Crippen LogP contribution in [0.3, 0.4) is 0 Å². The predicted octanol–water partition coefficient (Wildman–Crippen LogP) is 2.80. The molecule has 3 aromatic rings. The average Bonchev–Trinajstić information content (AvgIpc) is 2.92. The highest BCUT2D eigenvalue weighted by atomic mass is 32.2. The van der Waals surface area contributed by atoms with Gasteiger partial charge in [-0.1, -0.05) is 6.07 Å². The Bertz CT molecular complexity index is 906. The van der Waals surface area contributed by atoms with Crippen molar-refractivity contribution in [3.8, 4) is 17.0 Å². The first-order valence-corrected chi connectivity index (χ1v) is 7.81. The predicted molar refractivity (Wildman–Crippen MR) is 82.0 cm³/mol. The number of carboxylic acid groups (broad SMARTS) is 1. The Balaban J connectivity index is 2.11. The minimum atomic E-state index is -1.13. The van der Waals surface area contributed by atoms with E-state index in [4.69, 9.17) is 4.74 Å². The maximum absolute atomic E-state index is 11.6. The SMILES string of the molecule is CSc1cccc2c1-c1cc3cncnc3n1C(C(=O)O)O2. The molecule has 7 heteroatoms. The second-order valence-corrected chi connectivity index (χ2v) is 5.69.